The van der Waals surface area contributed by atoms with Crippen molar-refractivity contribution in [2.45, 2.75) is 57.5 Å². The lowest BCUT2D eigenvalue weighted by molar-refractivity contribution is 0.0263. The zero-order valence-corrected chi connectivity index (χ0v) is 20.1. The van der Waals surface area contributed by atoms with Gasteiger partial charge in [0.1, 0.15) is 29.4 Å². The number of anilines is 3. The minimum absolute atomic E-state index is 0.00735. The number of rotatable bonds is 2. The molecule has 0 bridgehead atoms. The number of ether oxygens (including phenoxy) is 1. The second-order valence-corrected chi connectivity index (χ2v) is 10.4. The molecule has 5 rings (SSSR count). The summed E-state index contributed by atoms with van der Waals surface area (Å²) in [6, 6.07) is 5.76. The molecular weight excluding hydrogens is 430 g/mol. The Bertz CT molecular complexity index is 1130. The van der Waals surface area contributed by atoms with Crippen molar-refractivity contribution >= 4 is 23.5 Å². The number of fused-ring (bicyclic) bond motifs is 2. The van der Waals surface area contributed by atoms with E-state index in [-0.39, 0.29) is 11.5 Å². The topological polar surface area (TPSA) is 98.5 Å². The van der Waals surface area contributed by atoms with Crippen LogP contribution in [0.15, 0.2) is 24.7 Å². The summed E-state index contributed by atoms with van der Waals surface area (Å²) in [5.74, 6) is 2.61. The molecule has 178 valence electrons. The Labute approximate surface area is 200 Å². The van der Waals surface area contributed by atoms with Crippen LogP contribution in [0.2, 0.25) is 0 Å². The quantitative estimate of drug-likeness (QED) is 0.667. The van der Waals surface area contributed by atoms with Gasteiger partial charge in [-0.25, -0.2) is 19.7 Å². The molecule has 34 heavy (non-hydrogen) atoms. The summed E-state index contributed by atoms with van der Waals surface area (Å²) in [5, 5.41) is 9.36. The molecule has 1 saturated heterocycles. The van der Waals surface area contributed by atoms with E-state index in [1.807, 2.05) is 26.8 Å². The van der Waals surface area contributed by atoms with Gasteiger partial charge >= 0.3 is 6.09 Å². The fourth-order valence-electron chi connectivity index (χ4n) is 5.22. The number of carbonyl (C=O) groups is 1. The number of pyridine rings is 1. The third kappa shape index (κ3) is 4.02. The van der Waals surface area contributed by atoms with Crippen LogP contribution < -0.4 is 9.80 Å². The Hall–Kier alpha value is -3.41. The molecule has 2 aromatic heterocycles. The third-order valence-electron chi connectivity index (χ3n) is 6.96. The molecule has 4 heterocycles. The highest BCUT2D eigenvalue weighted by atomic mass is 16.6. The lowest BCUT2D eigenvalue weighted by Gasteiger charge is -2.40. The van der Waals surface area contributed by atoms with Gasteiger partial charge in [-0.15, -0.1) is 0 Å². The smallest absolute Gasteiger partial charge is 0.410 e. The number of nitriles is 1. The number of hydrogen-bond donors (Lipinski definition) is 0. The molecule has 1 amide bonds. The Morgan fingerprint density at radius 3 is 2.59 bits per heavy atom. The highest BCUT2D eigenvalue weighted by molar-refractivity contribution is 5.75. The predicted octanol–water partition coefficient (Wildman–Crippen LogP) is 3.76. The monoisotopic (exact) mass is 461 g/mol. The standard InChI is InChI=1S/C25H31N7O2/c1-24(2,3)34-23(33)31-11-5-10-30(12-13-31)21-20-22(29-17-28-21)32(16-25(20)7-4-8-25)19-14-18(15-26)6-9-27-19/h6,9,14,17H,4-5,7-8,10-13,16H2,1-3H3. The van der Waals surface area contributed by atoms with Crippen LogP contribution >= 0.6 is 0 Å². The van der Waals surface area contributed by atoms with E-state index in [1.165, 1.54) is 12.0 Å². The minimum atomic E-state index is -0.506. The summed E-state index contributed by atoms with van der Waals surface area (Å²) in [6.45, 7) is 9.26. The van der Waals surface area contributed by atoms with Gasteiger partial charge < -0.3 is 19.4 Å². The van der Waals surface area contributed by atoms with Crippen LogP contribution in [0.3, 0.4) is 0 Å². The van der Waals surface area contributed by atoms with E-state index in [0.717, 1.165) is 49.8 Å². The van der Waals surface area contributed by atoms with Crippen LogP contribution in [0.1, 0.15) is 57.6 Å². The molecular formula is C25H31N7O2. The molecule has 0 aromatic carbocycles. The van der Waals surface area contributed by atoms with Crippen LogP contribution in [-0.4, -0.2) is 64.3 Å². The van der Waals surface area contributed by atoms with E-state index in [1.54, 1.807) is 23.5 Å². The van der Waals surface area contributed by atoms with Crippen molar-refractivity contribution < 1.29 is 9.53 Å². The van der Waals surface area contributed by atoms with Gasteiger partial charge in [0.2, 0.25) is 0 Å². The van der Waals surface area contributed by atoms with Gasteiger partial charge in [-0.1, -0.05) is 6.42 Å². The fraction of sp³-hybridized carbons (Fsp3) is 0.560. The van der Waals surface area contributed by atoms with Crippen LogP contribution in [0.5, 0.6) is 0 Å². The van der Waals surface area contributed by atoms with E-state index < -0.39 is 5.60 Å². The first-order valence-corrected chi connectivity index (χ1v) is 12.0. The second kappa shape index (κ2) is 8.42. The highest BCUT2D eigenvalue weighted by Crippen LogP contribution is 2.56. The number of amides is 1. The molecule has 2 fully saturated rings. The van der Waals surface area contributed by atoms with Gasteiger partial charge in [-0.05, 0) is 52.2 Å². The molecule has 1 spiro atoms. The van der Waals surface area contributed by atoms with Crippen molar-refractivity contribution in [2.24, 2.45) is 0 Å². The maximum atomic E-state index is 12.6. The van der Waals surface area contributed by atoms with Crippen LogP contribution in [0.25, 0.3) is 0 Å². The van der Waals surface area contributed by atoms with Crippen molar-refractivity contribution in [3.8, 4) is 6.07 Å². The van der Waals surface area contributed by atoms with Crippen molar-refractivity contribution in [1.29, 1.82) is 5.26 Å². The maximum Gasteiger partial charge on any atom is 0.410 e. The first-order valence-electron chi connectivity index (χ1n) is 12.0. The molecule has 0 radical (unpaired) electrons. The predicted molar refractivity (Wildman–Crippen MR) is 128 cm³/mol. The molecule has 9 heteroatoms. The lowest BCUT2D eigenvalue weighted by Crippen LogP contribution is -2.41. The van der Waals surface area contributed by atoms with Gasteiger partial charge in [-0.3, -0.25) is 0 Å². The number of aromatic nitrogens is 3. The van der Waals surface area contributed by atoms with Gasteiger partial charge in [0, 0.05) is 49.9 Å². The highest BCUT2D eigenvalue weighted by Gasteiger charge is 2.51. The van der Waals surface area contributed by atoms with Crippen LogP contribution in [-0.2, 0) is 10.2 Å². The summed E-state index contributed by atoms with van der Waals surface area (Å²) in [5.41, 5.74) is 1.28. The van der Waals surface area contributed by atoms with E-state index in [4.69, 9.17) is 14.7 Å². The lowest BCUT2D eigenvalue weighted by atomic mass is 9.66. The minimum Gasteiger partial charge on any atom is -0.444 e. The second-order valence-electron chi connectivity index (χ2n) is 10.4. The molecule has 0 N–H and O–H groups in total. The van der Waals surface area contributed by atoms with Crippen molar-refractivity contribution in [3.63, 3.8) is 0 Å². The van der Waals surface area contributed by atoms with Crippen molar-refractivity contribution in [1.82, 2.24) is 19.9 Å². The van der Waals surface area contributed by atoms with E-state index in [0.29, 0.717) is 25.2 Å². The van der Waals surface area contributed by atoms with Gasteiger partial charge in [0.25, 0.3) is 0 Å². The Morgan fingerprint density at radius 1 is 1.09 bits per heavy atom. The summed E-state index contributed by atoms with van der Waals surface area (Å²) in [7, 11) is 0. The average Bonchev–Trinajstić information content (AvgIpc) is 2.96. The molecule has 2 aliphatic heterocycles. The molecule has 0 unspecified atom stereocenters. The summed E-state index contributed by atoms with van der Waals surface area (Å²) >= 11 is 0. The van der Waals surface area contributed by atoms with Gasteiger partial charge in [0.15, 0.2) is 0 Å². The Morgan fingerprint density at radius 2 is 1.88 bits per heavy atom. The van der Waals surface area contributed by atoms with E-state index in [9.17, 15) is 10.1 Å². The number of nitrogens with zero attached hydrogens (tertiary/aromatic N) is 7. The third-order valence-corrected chi connectivity index (χ3v) is 6.96. The maximum absolute atomic E-state index is 12.6. The van der Waals surface area contributed by atoms with Crippen LogP contribution in [0, 0.1) is 11.3 Å². The first-order chi connectivity index (χ1) is 16.3. The fourth-order valence-corrected chi connectivity index (χ4v) is 5.22. The summed E-state index contributed by atoms with van der Waals surface area (Å²) in [6.07, 6.45) is 7.26. The van der Waals surface area contributed by atoms with Crippen molar-refractivity contribution in [2.75, 3.05) is 42.5 Å². The Balaban J connectivity index is 1.44. The molecule has 1 aliphatic carbocycles. The largest absolute Gasteiger partial charge is 0.444 e. The SMILES string of the molecule is CC(C)(C)OC(=O)N1CCCN(c2ncnc3c2C2(CCC2)CN3c2cc(C#N)ccn2)CC1. The van der Waals surface area contributed by atoms with E-state index in [2.05, 4.69) is 20.9 Å². The zero-order chi connectivity index (χ0) is 23.9. The first kappa shape index (κ1) is 22.4. The molecule has 9 nitrogen and oxygen atoms in total. The Kier molecular flexibility index (Phi) is 5.54. The van der Waals surface area contributed by atoms with Crippen molar-refractivity contribution in [3.05, 3.63) is 35.8 Å². The normalized spacial score (nSPS) is 19.3. The number of hydrogen-bond acceptors (Lipinski definition) is 8. The average molecular weight is 462 g/mol. The summed E-state index contributed by atoms with van der Waals surface area (Å²) < 4.78 is 5.60. The molecule has 2 aromatic rings. The number of carbonyl (C=O) groups excluding carboxylic acids is 1. The van der Waals surface area contributed by atoms with Crippen LogP contribution in [0.4, 0.5) is 22.2 Å². The van der Waals surface area contributed by atoms with Gasteiger partial charge in [0.05, 0.1) is 11.6 Å². The molecule has 0 atom stereocenters. The van der Waals surface area contributed by atoms with E-state index >= 15 is 0 Å². The molecule has 3 aliphatic rings. The summed E-state index contributed by atoms with van der Waals surface area (Å²) in [4.78, 5) is 32.9. The zero-order valence-electron chi connectivity index (χ0n) is 20.1. The molecule has 1 saturated carbocycles. The van der Waals surface area contributed by atoms with Gasteiger partial charge in [-0.2, -0.15) is 5.26 Å².